The van der Waals surface area contributed by atoms with Crippen molar-refractivity contribution in [2.75, 3.05) is 0 Å². The largest absolute Gasteiger partial charge is 0.507 e. The third-order valence-corrected chi connectivity index (χ3v) is 2.67. The van der Waals surface area contributed by atoms with Gasteiger partial charge in [0.05, 0.1) is 4.91 Å². The summed E-state index contributed by atoms with van der Waals surface area (Å²) in [5.41, 5.74) is 5.98. The second-order valence-electron chi connectivity index (χ2n) is 2.92. The average Bonchev–Trinajstić information content (AvgIpc) is 2.49. The van der Waals surface area contributed by atoms with Gasteiger partial charge in [-0.15, -0.1) is 0 Å². The number of amidine groups is 1. The molecule has 5 heteroatoms. The predicted molar refractivity (Wildman–Crippen MR) is 60.3 cm³/mol. The molecule has 0 bridgehead atoms. The van der Waals surface area contributed by atoms with Gasteiger partial charge in [0, 0.05) is 5.56 Å². The summed E-state index contributed by atoms with van der Waals surface area (Å²) < 4.78 is 0. The fourth-order valence-electron chi connectivity index (χ4n) is 1.18. The zero-order valence-corrected chi connectivity index (χ0v) is 8.49. The van der Waals surface area contributed by atoms with Crippen molar-refractivity contribution in [3.05, 3.63) is 34.7 Å². The Bertz CT molecular complexity index is 480. The number of phenols is 1. The monoisotopic (exact) mass is 220 g/mol. The third kappa shape index (κ3) is 2.02. The number of nitrogens with two attached hydrogens (primary N) is 1. The van der Waals surface area contributed by atoms with E-state index in [1.165, 1.54) is 0 Å². The smallest absolute Gasteiger partial charge is 0.286 e. The molecule has 76 valence electrons. The van der Waals surface area contributed by atoms with Crippen LogP contribution in [-0.2, 0) is 4.79 Å². The van der Waals surface area contributed by atoms with Gasteiger partial charge in [-0.1, -0.05) is 18.2 Å². The normalized spacial score (nSPS) is 18.3. The maximum Gasteiger partial charge on any atom is 0.286 e. The molecule has 0 aliphatic carbocycles. The molecule has 1 aromatic carbocycles. The van der Waals surface area contributed by atoms with Crippen LogP contribution in [0.5, 0.6) is 5.75 Å². The highest BCUT2D eigenvalue weighted by Gasteiger charge is 2.19. The Balaban J connectivity index is 2.33. The average molecular weight is 220 g/mol. The van der Waals surface area contributed by atoms with Gasteiger partial charge in [-0.25, -0.2) is 0 Å². The number of benzene rings is 1. The van der Waals surface area contributed by atoms with E-state index in [1.807, 2.05) is 0 Å². The lowest BCUT2D eigenvalue weighted by atomic mass is 10.2. The van der Waals surface area contributed by atoms with Gasteiger partial charge < -0.3 is 10.8 Å². The predicted octanol–water partition coefficient (Wildman–Crippen LogP) is 1.32. The van der Waals surface area contributed by atoms with Crippen LogP contribution < -0.4 is 5.73 Å². The minimum absolute atomic E-state index is 0.129. The molecular formula is C10H8N2O2S. The van der Waals surface area contributed by atoms with E-state index in [0.717, 1.165) is 11.8 Å². The molecule has 3 N–H and O–H groups in total. The number of aromatic hydroxyl groups is 1. The van der Waals surface area contributed by atoms with E-state index in [0.29, 0.717) is 10.5 Å². The highest BCUT2D eigenvalue weighted by Crippen LogP contribution is 2.28. The van der Waals surface area contributed by atoms with Gasteiger partial charge in [-0.3, -0.25) is 4.79 Å². The van der Waals surface area contributed by atoms with Gasteiger partial charge in [0.1, 0.15) is 5.75 Å². The lowest BCUT2D eigenvalue weighted by molar-refractivity contribution is -0.113. The van der Waals surface area contributed by atoms with Crippen molar-refractivity contribution in [2.45, 2.75) is 0 Å². The van der Waals surface area contributed by atoms with Gasteiger partial charge in [0.25, 0.3) is 5.91 Å². The van der Waals surface area contributed by atoms with Crippen molar-refractivity contribution in [3.63, 3.8) is 0 Å². The van der Waals surface area contributed by atoms with Crippen molar-refractivity contribution in [2.24, 2.45) is 10.7 Å². The molecule has 1 heterocycles. The summed E-state index contributed by atoms with van der Waals surface area (Å²) in [7, 11) is 0. The molecule has 0 radical (unpaired) electrons. The van der Waals surface area contributed by atoms with E-state index in [9.17, 15) is 9.90 Å². The summed E-state index contributed by atoms with van der Waals surface area (Å²) in [5, 5.41) is 9.73. The zero-order valence-electron chi connectivity index (χ0n) is 7.68. The van der Waals surface area contributed by atoms with E-state index in [1.54, 1.807) is 30.3 Å². The quantitative estimate of drug-likeness (QED) is 0.700. The first kappa shape index (κ1) is 9.79. The fourth-order valence-corrected chi connectivity index (χ4v) is 1.85. The molecule has 1 aliphatic heterocycles. The van der Waals surface area contributed by atoms with Gasteiger partial charge in [-0.05, 0) is 23.9 Å². The number of amides is 1. The van der Waals surface area contributed by atoms with Gasteiger partial charge in [0.2, 0.25) is 0 Å². The van der Waals surface area contributed by atoms with Crippen molar-refractivity contribution >= 4 is 28.9 Å². The highest BCUT2D eigenvalue weighted by atomic mass is 32.2. The summed E-state index contributed by atoms with van der Waals surface area (Å²) >= 11 is 1.11. The van der Waals surface area contributed by atoms with Crippen LogP contribution in [0.4, 0.5) is 0 Å². The standard InChI is InChI=1S/C10H8N2O2S/c11-10-12-9(14)8(15-10)5-6-3-1-2-4-7(6)13/h1-5,13H,(H2,11,12,14)/b8-5+. The third-order valence-electron chi connectivity index (χ3n) is 1.86. The molecule has 1 aromatic rings. The lowest BCUT2D eigenvalue weighted by Crippen LogP contribution is -2.01. The maximum absolute atomic E-state index is 11.3. The van der Waals surface area contributed by atoms with Crippen LogP contribution in [0.15, 0.2) is 34.2 Å². The van der Waals surface area contributed by atoms with Crippen LogP contribution in [0.2, 0.25) is 0 Å². The van der Waals surface area contributed by atoms with Crippen LogP contribution in [0.1, 0.15) is 5.56 Å². The minimum atomic E-state index is -0.360. The Morgan fingerprint density at radius 3 is 2.73 bits per heavy atom. The molecule has 0 atom stereocenters. The van der Waals surface area contributed by atoms with Crippen molar-refractivity contribution < 1.29 is 9.90 Å². The Labute approximate surface area is 90.5 Å². The summed E-state index contributed by atoms with van der Waals surface area (Å²) in [6.45, 7) is 0. The SMILES string of the molecule is NC1=NC(=O)/C(=C\c2ccccc2O)S1. The maximum atomic E-state index is 11.3. The van der Waals surface area contributed by atoms with E-state index in [-0.39, 0.29) is 16.8 Å². The number of aliphatic imine (C=N–C) groups is 1. The second kappa shape index (κ2) is 3.78. The second-order valence-corrected chi connectivity index (χ2v) is 3.99. The summed E-state index contributed by atoms with van der Waals surface area (Å²) in [6.07, 6.45) is 1.58. The number of rotatable bonds is 1. The zero-order chi connectivity index (χ0) is 10.8. The Hall–Kier alpha value is -1.75. The Morgan fingerprint density at radius 1 is 1.40 bits per heavy atom. The molecular weight excluding hydrogens is 212 g/mol. The molecule has 0 unspecified atom stereocenters. The molecule has 0 saturated carbocycles. The fraction of sp³-hybridized carbons (Fsp3) is 0. The number of phenolic OH excluding ortho intramolecular Hbond substituents is 1. The first-order chi connectivity index (χ1) is 7.16. The minimum Gasteiger partial charge on any atom is -0.507 e. The van der Waals surface area contributed by atoms with Crippen LogP contribution in [-0.4, -0.2) is 16.2 Å². The van der Waals surface area contributed by atoms with Gasteiger partial charge in [-0.2, -0.15) is 4.99 Å². The molecule has 2 rings (SSSR count). The Morgan fingerprint density at radius 2 is 2.13 bits per heavy atom. The van der Waals surface area contributed by atoms with E-state index in [4.69, 9.17) is 5.73 Å². The highest BCUT2D eigenvalue weighted by molar-refractivity contribution is 8.18. The van der Waals surface area contributed by atoms with Crippen molar-refractivity contribution in [3.8, 4) is 5.75 Å². The number of hydrogen-bond donors (Lipinski definition) is 2. The molecule has 0 saturated heterocycles. The summed E-state index contributed by atoms with van der Waals surface area (Å²) in [4.78, 5) is 15.3. The van der Waals surface area contributed by atoms with Crippen LogP contribution in [0.3, 0.4) is 0 Å². The topological polar surface area (TPSA) is 75.7 Å². The van der Waals surface area contributed by atoms with Crippen LogP contribution in [0.25, 0.3) is 6.08 Å². The summed E-state index contributed by atoms with van der Waals surface area (Å²) in [6, 6.07) is 6.76. The van der Waals surface area contributed by atoms with Crippen molar-refractivity contribution in [1.82, 2.24) is 0 Å². The summed E-state index contributed by atoms with van der Waals surface area (Å²) in [5.74, 6) is -0.232. The van der Waals surface area contributed by atoms with Crippen LogP contribution in [0, 0.1) is 0 Å². The molecule has 1 amide bonds. The first-order valence-corrected chi connectivity index (χ1v) is 5.04. The molecule has 15 heavy (non-hydrogen) atoms. The molecule has 0 spiro atoms. The van der Waals surface area contributed by atoms with E-state index in [2.05, 4.69) is 4.99 Å². The molecule has 0 fully saturated rings. The number of hydrogen-bond acceptors (Lipinski definition) is 4. The number of carbonyl (C=O) groups excluding carboxylic acids is 1. The van der Waals surface area contributed by atoms with Crippen LogP contribution >= 0.6 is 11.8 Å². The first-order valence-electron chi connectivity index (χ1n) is 4.23. The molecule has 1 aliphatic rings. The Kier molecular flexibility index (Phi) is 2.47. The van der Waals surface area contributed by atoms with E-state index >= 15 is 0 Å². The molecule has 0 aromatic heterocycles. The van der Waals surface area contributed by atoms with Gasteiger partial charge >= 0.3 is 0 Å². The van der Waals surface area contributed by atoms with Gasteiger partial charge in [0.15, 0.2) is 5.17 Å². The number of nitrogens with zero attached hydrogens (tertiary/aromatic N) is 1. The van der Waals surface area contributed by atoms with Crippen molar-refractivity contribution in [1.29, 1.82) is 0 Å². The lowest BCUT2D eigenvalue weighted by Gasteiger charge is -1.98. The number of carbonyl (C=O) groups is 1. The molecule has 4 nitrogen and oxygen atoms in total. The number of thioether (sulfide) groups is 1. The number of para-hydroxylation sites is 1. The van der Waals surface area contributed by atoms with E-state index < -0.39 is 0 Å².